The zero-order valence-electron chi connectivity index (χ0n) is 23.6. The van der Waals surface area contributed by atoms with Crippen LogP contribution in [0.3, 0.4) is 0 Å². The lowest BCUT2D eigenvalue weighted by atomic mass is 10.1. The molecule has 1 saturated heterocycles. The number of amides is 1. The standard InChI is InChI=1S/C17H19F3N2O.C12H13N3O.CHNS/c1-13-6-11-23-16(13)12-21-7-9-22(10-8-21)15-4-2-14(3-5-15)17(18,19)20;1-7-8(2)15-11-4-3-9(14-6-16)5-10(11)12(7)13;2-1-3/h2-6,11H,7-10,12H2,1H3;3-6H,1-2H3,(H2,13,15)(H,14,16);3H. The molecule has 0 unspecified atom stereocenters. The molecule has 2 aromatic carbocycles. The third-order valence-electron chi connectivity index (χ3n) is 7.01. The number of nitriles is 1. The molecule has 2 aromatic heterocycles. The number of fused-ring (bicyclic) bond motifs is 1. The van der Waals surface area contributed by atoms with E-state index in [1.54, 1.807) is 24.5 Å². The summed E-state index contributed by atoms with van der Waals surface area (Å²) in [6.07, 6.45) is -1.94. The summed E-state index contributed by atoms with van der Waals surface area (Å²) in [6, 6.07) is 12.8. The maximum absolute atomic E-state index is 12.6. The molecule has 12 heteroatoms. The number of rotatable bonds is 5. The topological polar surface area (TPSA) is 111 Å². The third-order valence-corrected chi connectivity index (χ3v) is 7.01. The number of nitrogens with one attached hydrogen (secondary N) is 1. The van der Waals surface area contributed by atoms with Gasteiger partial charge in [-0.25, -0.2) is 0 Å². The summed E-state index contributed by atoms with van der Waals surface area (Å²) in [7, 11) is 0. The summed E-state index contributed by atoms with van der Waals surface area (Å²) in [5, 5.41) is 12.1. The van der Waals surface area contributed by atoms with Crippen LogP contribution in [0.25, 0.3) is 10.9 Å². The molecular formula is C30H33F3N6O2S. The van der Waals surface area contributed by atoms with Crippen LogP contribution in [-0.2, 0) is 17.5 Å². The molecular weight excluding hydrogens is 565 g/mol. The van der Waals surface area contributed by atoms with Gasteiger partial charge in [0, 0.05) is 54.3 Å². The second-order valence-electron chi connectivity index (χ2n) is 9.66. The third kappa shape index (κ3) is 8.41. The van der Waals surface area contributed by atoms with Crippen molar-refractivity contribution in [2.75, 3.05) is 42.1 Å². The molecule has 5 rings (SSSR count). The molecule has 4 aromatic rings. The highest BCUT2D eigenvalue weighted by atomic mass is 32.1. The zero-order chi connectivity index (χ0) is 30.9. The van der Waals surface area contributed by atoms with Crippen LogP contribution in [0.15, 0.2) is 59.2 Å². The SMILES string of the molecule is Cc1ccoc1CN1CCN(c2ccc(C(F)(F)F)cc2)CC1.Cc1nc2ccc(NC=O)cc2c(N)c1C.N#CS. The second-order valence-corrected chi connectivity index (χ2v) is 9.86. The monoisotopic (exact) mass is 598 g/mol. The molecule has 0 radical (unpaired) electrons. The Bertz CT molecular complexity index is 1530. The van der Waals surface area contributed by atoms with Crippen molar-refractivity contribution in [2.24, 2.45) is 0 Å². The molecule has 1 aliphatic rings. The number of carbonyl (C=O) groups excluding carboxylic acids is 1. The smallest absolute Gasteiger partial charge is 0.416 e. The van der Waals surface area contributed by atoms with Crippen molar-refractivity contribution in [3.8, 4) is 5.40 Å². The number of aromatic nitrogens is 1. The molecule has 0 spiro atoms. The van der Waals surface area contributed by atoms with Crippen molar-refractivity contribution in [1.82, 2.24) is 9.88 Å². The van der Waals surface area contributed by atoms with Crippen molar-refractivity contribution in [2.45, 2.75) is 33.5 Å². The summed E-state index contributed by atoms with van der Waals surface area (Å²) in [4.78, 5) is 19.2. The van der Waals surface area contributed by atoms with Gasteiger partial charge in [0.2, 0.25) is 6.41 Å². The number of thiocyanates is 1. The Morgan fingerprint density at radius 3 is 2.29 bits per heavy atom. The molecule has 1 amide bonds. The highest BCUT2D eigenvalue weighted by molar-refractivity contribution is 7.85. The fraction of sp³-hybridized carbons (Fsp3) is 0.300. The Hall–Kier alpha value is -4.21. The molecule has 1 aliphatic heterocycles. The first kappa shape index (κ1) is 32.3. The van der Waals surface area contributed by atoms with Gasteiger partial charge >= 0.3 is 6.18 Å². The molecule has 1 fully saturated rings. The van der Waals surface area contributed by atoms with Crippen molar-refractivity contribution < 1.29 is 22.4 Å². The Balaban J connectivity index is 0.000000222. The van der Waals surface area contributed by atoms with Gasteiger partial charge < -0.3 is 20.4 Å². The van der Waals surface area contributed by atoms with E-state index in [2.05, 4.69) is 32.7 Å². The van der Waals surface area contributed by atoms with Crippen LogP contribution in [0.2, 0.25) is 0 Å². The first-order valence-electron chi connectivity index (χ1n) is 13.1. The fourth-order valence-corrected chi connectivity index (χ4v) is 4.46. The van der Waals surface area contributed by atoms with Crippen LogP contribution in [0.4, 0.5) is 30.2 Å². The number of anilines is 3. The van der Waals surface area contributed by atoms with E-state index in [1.807, 2.05) is 39.0 Å². The van der Waals surface area contributed by atoms with E-state index in [0.717, 1.165) is 95.4 Å². The molecule has 3 N–H and O–H groups in total. The summed E-state index contributed by atoms with van der Waals surface area (Å²) >= 11 is 3.09. The second kappa shape index (κ2) is 14.6. The molecule has 0 aliphatic carbocycles. The first-order valence-corrected chi connectivity index (χ1v) is 13.5. The summed E-state index contributed by atoms with van der Waals surface area (Å²) < 4.78 is 43.3. The van der Waals surface area contributed by atoms with Crippen molar-refractivity contribution in [3.63, 3.8) is 0 Å². The Kier molecular flexibility index (Phi) is 11.2. The van der Waals surface area contributed by atoms with Crippen molar-refractivity contribution >= 4 is 47.0 Å². The van der Waals surface area contributed by atoms with E-state index in [0.29, 0.717) is 6.41 Å². The minimum absolute atomic E-state index is 0.604. The largest absolute Gasteiger partial charge is 0.468 e. The van der Waals surface area contributed by atoms with Gasteiger partial charge in [-0.3, -0.25) is 14.7 Å². The number of benzene rings is 2. The lowest BCUT2D eigenvalue weighted by Crippen LogP contribution is -2.46. The van der Waals surface area contributed by atoms with E-state index in [1.165, 1.54) is 5.40 Å². The number of piperazine rings is 1. The number of nitrogens with zero attached hydrogens (tertiary/aromatic N) is 4. The van der Waals surface area contributed by atoms with Crippen LogP contribution in [0, 0.1) is 31.4 Å². The van der Waals surface area contributed by atoms with Crippen LogP contribution in [-0.4, -0.2) is 42.5 Å². The Morgan fingerprint density at radius 2 is 1.74 bits per heavy atom. The van der Waals surface area contributed by atoms with E-state index >= 15 is 0 Å². The number of carbonyl (C=O) groups is 1. The quantitative estimate of drug-likeness (QED) is 0.140. The Morgan fingerprint density at radius 1 is 1.10 bits per heavy atom. The van der Waals surface area contributed by atoms with Gasteiger partial charge in [-0.2, -0.15) is 18.4 Å². The van der Waals surface area contributed by atoms with E-state index in [-0.39, 0.29) is 0 Å². The number of halogens is 3. The lowest BCUT2D eigenvalue weighted by molar-refractivity contribution is -0.137. The Labute approximate surface area is 248 Å². The summed E-state index contributed by atoms with van der Waals surface area (Å²) in [5.41, 5.74) is 11.6. The number of aryl methyl sites for hydroxylation is 2. The van der Waals surface area contributed by atoms with E-state index in [4.69, 9.17) is 15.4 Å². The predicted octanol–water partition coefficient (Wildman–Crippen LogP) is 6.33. The molecule has 8 nitrogen and oxygen atoms in total. The average molecular weight is 599 g/mol. The molecule has 0 bridgehead atoms. The predicted molar refractivity (Wildman–Crippen MR) is 162 cm³/mol. The lowest BCUT2D eigenvalue weighted by Gasteiger charge is -2.35. The van der Waals surface area contributed by atoms with Gasteiger partial charge in [-0.1, -0.05) is 12.6 Å². The number of nitrogens with two attached hydrogens (primary N) is 1. The van der Waals surface area contributed by atoms with Crippen LogP contribution in [0.1, 0.15) is 28.1 Å². The van der Waals surface area contributed by atoms with E-state index in [9.17, 15) is 18.0 Å². The number of furan rings is 1. The number of pyridine rings is 1. The minimum atomic E-state index is -4.28. The van der Waals surface area contributed by atoms with Gasteiger partial charge in [0.15, 0.2) is 0 Å². The summed E-state index contributed by atoms with van der Waals surface area (Å²) in [5.74, 6) is 0.980. The molecule has 0 saturated carbocycles. The molecule has 0 atom stereocenters. The average Bonchev–Trinajstić information content (AvgIpc) is 3.37. The number of hydrogen-bond acceptors (Lipinski definition) is 8. The van der Waals surface area contributed by atoms with Gasteiger partial charge in [-0.05, 0) is 80.4 Å². The maximum atomic E-state index is 12.6. The van der Waals surface area contributed by atoms with Gasteiger partial charge in [-0.15, -0.1) is 0 Å². The highest BCUT2D eigenvalue weighted by Crippen LogP contribution is 2.31. The maximum Gasteiger partial charge on any atom is 0.416 e. The number of thiol groups is 1. The minimum Gasteiger partial charge on any atom is -0.468 e. The van der Waals surface area contributed by atoms with Gasteiger partial charge in [0.25, 0.3) is 0 Å². The number of nitrogen functional groups attached to an aromatic ring is 1. The first-order chi connectivity index (χ1) is 20.0. The van der Waals surface area contributed by atoms with Gasteiger partial charge in [0.05, 0.1) is 23.9 Å². The van der Waals surface area contributed by atoms with Crippen LogP contribution < -0.4 is 16.0 Å². The van der Waals surface area contributed by atoms with Gasteiger partial charge in [0.1, 0.15) is 11.2 Å². The van der Waals surface area contributed by atoms with Crippen molar-refractivity contribution in [1.29, 1.82) is 5.26 Å². The zero-order valence-corrected chi connectivity index (χ0v) is 24.5. The van der Waals surface area contributed by atoms with Crippen LogP contribution >= 0.6 is 12.6 Å². The normalized spacial score (nSPS) is 13.3. The van der Waals surface area contributed by atoms with Crippen molar-refractivity contribution in [3.05, 3.63) is 82.9 Å². The number of alkyl halides is 3. The van der Waals surface area contributed by atoms with Crippen LogP contribution in [0.5, 0.6) is 0 Å². The molecule has 3 heterocycles. The number of hydrogen-bond donors (Lipinski definition) is 3. The fourth-order valence-electron chi connectivity index (χ4n) is 4.46. The summed E-state index contributed by atoms with van der Waals surface area (Å²) in [6.45, 7) is 10.00. The van der Waals surface area contributed by atoms with E-state index < -0.39 is 11.7 Å². The highest BCUT2D eigenvalue weighted by Gasteiger charge is 2.30. The molecule has 42 heavy (non-hydrogen) atoms. The molecule has 222 valence electrons.